The average Bonchev–Trinajstić information content (AvgIpc) is 2.45. The van der Waals surface area contributed by atoms with E-state index >= 15 is 0 Å². The normalized spacial score (nSPS) is 31.7. The Kier molecular flexibility index (Phi) is 5.93. The topological polar surface area (TPSA) is 18.5 Å². The summed E-state index contributed by atoms with van der Waals surface area (Å²) in [6.45, 7) is 12.1. The van der Waals surface area contributed by atoms with Crippen LogP contribution in [0.15, 0.2) is 0 Å². The summed E-state index contributed by atoms with van der Waals surface area (Å²) in [5.41, 5.74) is 0. The molecule has 1 saturated heterocycles. The summed E-state index contributed by atoms with van der Waals surface area (Å²) >= 11 is 0. The van der Waals surface area contributed by atoms with Crippen molar-refractivity contribution in [1.82, 2.24) is 15.1 Å². The second-order valence-corrected chi connectivity index (χ2v) is 5.94. The molecule has 1 heterocycles. The fourth-order valence-corrected chi connectivity index (χ4v) is 3.47. The van der Waals surface area contributed by atoms with Gasteiger partial charge in [0, 0.05) is 38.3 Å². The van der Waals surface area contributed by atoms with Crippen LogP contribution in [0.3, 0.4) is 0 Å². The van der Waals surface area contributed by atoms with Crippen LogP contribution in [0.5, 0.6) is 0 Å². The second-order valence-electron chi connectivity index (χ2n) is 5.94. The van der Waals surface area contributed by atoms with Crippen molar-refractivity contribution in [2.24, 2.45) is 0 Å². The molecule has 0 aromatic rings. The number of likely N-dealkylation sites (N-methyl/N-ethyl adjacent to an activating group) is 1. The van der Waals surface area contributed by atoms with E-state index in [1.807, 2.05) is 0 Å². The third kappa shape index (κ3) is 3.94. The van der Waals surface area contributed by atoms with E-state index in [1.165, 1.54) is 71.4 Å². The Hall–Kier alpha value is -0.120. The smallest absolute Gasteiger partial charge is 0.0113 e. The summed E-state index contributed by atoms with van der Waals surface area (Å²) in [6, 6.07) is 1.64. The molecule has 1 N–H and O–H groups in total. The maximum atomic E-state index is 3.72. The molecule has 2 aliphatic rings. The van der Waals surface area contributed by atoms with E-state index in [-0.39, 0.29) is 0 Å². The van der Waals surface area contributed by atoms with Gasteiger partial charge in [-0.15, -0.1) is 0 Å². The lowest BCUT2D eigenvalue weighted by atomic mass is 9.89. The molecule has 3 heteroatoms. The maximum absolute atomic E-state index is 3.72. The van der Waals surface area contributed by atoms with E-state index in [9.17, 15) is 0 Å². The minimum atomic E-state index is 0.785. The van der Waals surface area contributed by atoms with Crippen molar-refractivity contribution < 1.29 is 0 Å². The molecule has 3 nitrogen and oxygen atoms in total. The lowest BCUT2D eigenvalue weighted by molar-refractivity contribution is 0.0743. The van der Waals surface area contributed by atoms with E-state index in [1.54, 1.807) is 0 Å². The molecular weight excluding hydrogens is 222 g/mol. The van der Waals surface area contributed by atoms with Crippen molar-refractivity contribution in [3.8, 4) is 0 Å². The fourth-order valence-electron chi connectivity index (χ4n) is 3.47. The first-order valence-electron chi connectivity index (χ1n) is 8.03. The Morgan fingerprint density at radius 2 is 1.83 bits per heavy atom. The predicted molar refractivity (Wildman–Crippen MR) is 78.0 cm³/mol. The maximum Gasteiger partial charge on any atom is 0.0113 e. The highest BCUT2D eigenvalue weighted by atomic mass is 15.3. The van der Waals surface area contributed by atoms with Crippen molar-refractivity contribution in [2.45, 2.75) is 58.0 Å². The zero-order valence-corrected chi connectivity index (χ0v) is 12.3. The highest BCUT2D eigenvalue weighted by Gasteiger charge is 2.28. The molecule has 2 unspecified atom stereocenters. The van der Waals surface area contributed by atoms with Gasteiger partial charge in [0.2, 0.25) is 0 Å². The average molecular weight is 253 g/mol. The minimum Gasteiger partial charge on any atom is -0.314 e. The molecule has 0 aromatic heterocycles. The van der Waals surface area contributed by atoms with Gasteiger partial charge in [-0.3, -0.25) is 4.90 Å². The van der Waals surface area contributed by atoms with E-state index in [0.717, 1.165) is 12.1 Å². The van der Waals surface area contributed by atoms with Crippen LogP contribution in [0.4, 0.5) is 0 Å². The first-order valence-corrected chi connectivity index (χ1v) is 8.03. The standard InChI is InChI=1S/C15H31N3/c1-3-8-16-14-6-5-7-15(13-14)18-11-9-17(4-2)10-12-18/h14-16H,3-13H2,1-2H3. The van der Waals surface area contributed by atoms with Crippen LogP contribution in [0, 0.1) is 0 Å². The number of hydrogen-bond donors (Lipinski definition) is 1. The van der Waals surface area contributed by atoms with Gasteiger partial charge in [-0.05, 0) is 38.8 Å². The number of nitrogens with zero attached hydrogens (tertiary/aromatic N) is 2. The fraction of sp³-hybridized carbons (Fsp3) is 1.00. The Morgan fingerprint density at radius 3 is 2.50 bits per heavy atom. The van der Waals surface area contributed by atoms with Crippen LogP contribution < -0.4 is 5.32 Å². The van der Waals surface area contributed by atoms with Crippen LogP contribution in [0.25, 0.3) is 0 Å². The summed E-state index contributed by atoms with van der Waals surface area (Å²) in [5.74, 6) is 0. The van der Waals surface area contributed by atoms with Crippen molar-refractivity contribution >= 4 is 0 Å². The summed E-state index contributed by atoms with van der Waals surface area (Å²) in [7, 11) is 0. The summed E-state index contributed by atoms with van der Waals surface area (Å²) in [4.78, 5) is 5.33. The lowest BCUT2D eigenvalue weighted by Gasteiger charge is -2.42. The minimum absolute atomic E-state index is 0.785. The number of piperazine rings is 1. The van der Waals surface area contributed by atoms with Crippen molar-refractivity contribution in [1.29, 1.82) is 0 Å². The zero-order chi connectivity index (χ0) is 12.8. The molecule has 18 heavy (non-hydrogen) atoms. The van der Waals surface area contributed by atoms with E-state index < -0.39 is 0 Å². The highest BCUT2D eigenvalue weighted by Crippen LogP contribution is 2.24. The molecule has 0 spiro atoms. The number of nitrogens with one attached hydrogen (secondary N) is 1. The van der Waals surface area contributed by atoms with Gasteiger partial charge in [-0.2, -0.15) is 0 Å². The van der Waals surface area contributed by atoms with Gasteiger partial charge in [0.1, 0.15) is 0 Å². The summed E-state index contributed by atoms with van der Waals surface area (Å²) < 4.78 is 0. The Bertz CT molecular complexity index is 224. The van der Waals surface area contributed by atoms with Crippen LogP contribution in [0.1, 0.15) is 46.0 Å². The molecular formula is C15H31N3. The van der Waals surface area contributed by atoms with Crippen molar-refractivity contribution in [3.63, 3.8) is 0 Å². The van der Waals surface area contributed by atoms with Gasteiger partial charge in [0.25, 0.3) is 0 Å². The summed E-state index contributed by atoms with van der Waals surface area (Å²) in [5, 5.41) is 3.72. The van der Waals surface area contributed by atoms with Crippen LogP contribution in [-0.2, 0) is 0 Å². The van der Waals surface area contributed by atoms with Gasteiger partial charge in [0.05, 0.1) is 0 Å². The Morgan fingerprint density at radius 1 is 1.06 bits per heavy atom. The predicted octanol–water partition coefficient (Wildman–Crippen LogP) is 1.93. The molecule has 0 bridgehead atoms. The van der Waals surface area contributed by atoms with Gasteiger partial charge in [-0.25, -0.2) is 0 Å². The van der Waals surface area contributed by atoms with Crippen LogP contribution in [0.2, 0.25) is 0 Å². The number of rotatable bonds is 5. The van der Waals surface area contributed by atoms with Gasteiger partial charge >= 0.3 is 0 Å². The lowest BCUT2D eigenvalue weighted by Crippen LogP contribution is -2.52. The molecule has 2 fully saturated rings. The highest BCUT2D eigenvalue weighted by molar-refractivity contribution is 4.86. The van der Waals surface area contributed by atoms with E-state index in [2.05, 4.69) is 29.0 Å². The SMILES string of the molecule is CCCNC1CCCC(N2CCN(CC)CC2)C1. The van der Waals surface area contributed by atoms with Gasteiger partial charge in [0.15, 0.2) is 0 Å². The molecule has 1 aliphatic carbocycles. The molecule has 0 amide bonds. The first kappa shape index (κ1) is 14.3. The monoisotopic (exact) mass is 253 g/mol. The van der Waals surface area contributed by atoms with Crippen molar-refractivity contribution in [3.05, 3.63) is 0 Å². The van der Waals surface area contributed by atoms with E-state index in [0.29, 0.717) is 0 Å². The molecule has 1 aliphatic heterocycles. The number of hydrogen-bond acceptors (Lipinski definition) is 3. The molecule has 0 aromatic carbocycles. The molecule has 106 valence electrons. The third-order valence-electron chi connectivity index (χ3n) is 4.70. The van der Waals surface area contributed by atoms with Crippen LogP contribution >= 0.6 is 0 Å². The Labute approximate surface area is 113 Å². The first-order chi connectivity index (χ1) is 8.83. The van der Waals surface area contributed by atoms with Gasteiger partial charge < -0.3 is 10.2 Å². The van der Waals surface area contributed by atoms with Crippen molar-refractivity contribution in [2.75, 3.05) is 39.3 Å². The molecule has 2 atom stereocenters. The second kappa shape index (κ2) is 7.46. The zero-order valence-electron chi connectivity index (χ0n) is 12.3. The molecule has 0 radical (unpaired) electrons. The van der Waals surface area contributed by atoms with Crippen LogP contribution in [-0.4, -0.2) is 61.2 Å². The quantitative estimate of drug-likeness (QED) is 0.808. The summed E-state index contributed by atoms with van der Waals surface area (Å²) in [6.07, 6.45) is 6.88. The third-order valence-corrected chi connectivity index (χ3v) is 4.70. The molecule has 1 saturated carbocycles. The largest absolute Gasteiger partial charge is 0.314 e. The van der Waals surface area contributed by atoms with Gasteiger partial charge in [-0.1, -0.05) is 20.3 Å². The molecule has 2 rings (SSSR count). The van der Waals surface area contributed by atoms with E-state index in [4.69, 9.17) is 0 Å². The Balaban J connectivity index is 1.75.